The summed E-state index contributed by atoms with van der Waals surface area (Å²) in [6.07, 6.45) is 4.54. The topological polar surface area (TPSA) is 122 Å². The largest absolute Gasteiger partial charge is 0.392 e. The molecule has 1 fully saturated rings. The lowest BCUT2D eigenvalue weighted by Crippen LogP contribution is -2.31. The first-order chi connectivity index (χ1) is 21.1. The number of carbonyl (C=O) groups is 1. The molecule has 1 saturated heterocycles. The molecule has 3 atom stereocenters. The average molecular weight is 594 g/mol. The quantitative estimate of drug-likeness (QED) is 0.178. The number of aliphatic hydroxyl groups is 1. The molecule has 218 valence electrons. The Kier molecular flexibility index (Phi) is 9.19. The molecule has 10 heteroatoms. The fraction of sp³-hybridized carbons (Fsp3) is 0.212. The number of carbonyl (C=O) groups excluding carboxylic acids is 1. The highest BCUT2D eigenvalue weighted by molar-refractivity contribution is 7.99. The van der Waals surface area contributed by atoms with Crippen molar-refractivity contribution in [2.24, 2.45) is 0 Å². The zero-order valence-corrected chi connectivity index (χ0v) is 24.1. The van der Waals surface area contributed by atoms with Crippen LogP contribution in [0.3, 0.4) is 0 Å². The van der Waals surface area contributed by atoms with Crippen LogP contribution < -0.4 is 5.32 Å². The van der Waals surface area contributed by atoms with Gasteiger partial charge in [0.2, 0.25) is 0 Å². The van der Waals surface area contributed by atoms with E-state index in [4.69, 9.17) is 9.47 Å². The number of aromatic nitrogens is 4. The molecule has 0 bridgehead atoms. The molecule has 0 radical (unpaired) electrons. The predicted octanol–water partition coefficient (Wildman–Crippen LogP) is 5.63. The second-order valence-corrected chi connectivity index (χ2v) is 11.2. The number of benzene rings is 3. The van der Waals surface area contributed by atoms with E-state index in [1.807, 2.05) is 48.5 Å². The summed E-state index contributed by atoms with van der Waals surface area (Å²) >= 11 is 1.56. The molecule has 6 rings (SSSR count). The zero-order valence-electron chi connectivity index (χ0n) is 23.3. The third kappa shape index (κ3) is 7.36. The molecule has 5 aromatic rings. The van der Waals surface area contributed by atoms with Crippen molar-refractivity contribution >= 4 is 17.7 Å². The lowest BCUT2D eigenvalue weighted by molar-refractivity contribution is -0.245. The van der Waals surface area contributed by atoms with E-state index >= 15 is 0 Å². The number of thioether (sulfide) groups is 1. The lowest BCUT2D eigenvalue weighted by atomic mass is 9.99. The zero-order chi connectivity index (χ0) is 29.4. The maximum atomic E-state index is 12.5. The number of pyridine rings is 1. The van der Waals surface area contributed by atoms with Gasteiger partial charge in [-0.1, -0.05) is 72.4 Å². The summed E-state index contributed by atoms with van der Waals surface area (Å²) in [5.41, 5.74) is 6.37. The van der Waals surface area contributed by atoms with Gasteiger partial charge in [0.25, 0.3) is 5.91 Å². The van der Waals surface area contributed by atoms with Gasteiger partial charge in [-0.25, -0.2) is 4.98 Å². The van der Waals surface area contributed by atoms with Crippen LogP contribution >= 0.6 is 11.8 Å². The molecule has 0 spiro atoms. The van der Waals surface area contributed by atoms with Crippen LogP contribution in [0, 0.1) is 0 Å². The van der Waals surface area contributed by atoms with Gasteiger partial charge in [-0.05, 0) is 52.1 Å². The minimum absolute atomic E-state index is 0.00113. The molecule has 0 saturated carbocycles. The van der Waals surface area contributed by atoms with Gasteiger partial charge >= 0.3 is 0 Å². The Balaban J connectivity index is 1.19. The molecule has 0 aliphatic carbocycles. The van der Waals surface area contributed by atoms with Crippen molar-refractivity contribution in [1.29, 1.82) is 0 Å². The Morgan fingerprint density at radius 1 is 0.953 bits per heavy atom. The van der Waals surface area contributed by atoms with Crippen LogP contribution in [0.25, 0.3) is 11.1 Å². The van der Waals surface area contributed by atoms with E-state index in [2.05, 4.69) is 49.7 Å². The van der Waals surface area contributed by atoms with Crippen LogP contribution in [0.1, 0.15) is 51.4 Å². The summed E-state index contributed by atoms with van der Waals surface area (Å²) in [7, 11) is 0. The van der Waals surface area contributed by atoms with E-state index < -0.39 is 6.29 Å². The highest BCUT2D eigenvalue weighted by atomic mass is 32.2. The molecule has 1 amide bonds. The highest BCUT2D eigenvalue weighted by Crippen LogP contribution is 2.40. The first-order valence-electron chi connectivity index (χ1n) is 14.0. The Hall–Kier alpha value is -4.35. The van der Waals surface area contributed by atoms with E-state index in [1.165, 1.54) is 6.33 Å². The summed E-state index contributed by atoms with van der Waals surface area (Å²) in [6.45, 7) is 0.399. The van der Waals surface area contributed by atoms with Gasteiger partial charge < -0.3 is 19.9 Å². The van der Waals surface area contributed by atoms with Crippen molar-refractivity contribution in [2.45, 2.75) is 43.2 Å². The summed E-state index contributed by atoms with van der Waals surface area (Å²) in [5, 5.41) is 20.0. The normalized spacial score (nSPS) is 18.3. The smallest absolute Gasteiger partial charge is 0.253 e. The lowest BCUT2D eigenvalue weighted by Gasteiger charge is -2.36. The van der Waals surface area contributed by atoms with Crippen molar-refractivity contribution in [3.8, 4) is 11.1 Å². The van der Waals surface area contributed by atoms with Crippen molar-refractivity contribution in [3.63, 3.8) is 0 Å². The number of amides is 1. The molecular weight excluding hydrogens is 562 g/mol. The number of aliphatic hydroxyl groups excluding tert-OH is 1. The SMILES string of the molecule is O=C(NCc1cccc(-c2cccc([C@H]3O[C@@H](CSc4ncn[nH]4)C[C@@H](c4ccc(CO)cc4)O3)c2)c1)c1cccnc1. The first-order valence-corrected chi connectivity index (χ1v) is 15.0. The monoisotopic (exact) mass is 593 g/mol. The molecule has 43 heavy (non-hydrogen) atoms. The third-order valence-electron chi connectivity index (χ3n) is 7.21. The van der Waals surface area contributed by atoms with E-state index in [0.717, 1.165) is 38.5 Å². The first kappa shape index (κ1) is 28.8. The van der Waals surface area contributed by atoms with E-state index in [0.29, 0.717) is 24.3 Å². The second-order valence-electron chi connectivity index (χ2n) is 10.2. The fourth-order valence-electron chi connectivity index (χ4n) is 4.97. The summed E-state index contributed by atoms with van der Waals surface area (Å²) < 4.78 is 13.0. The van der Waals surface area contributed by atoms with Crippen LogP contribution in [0.4, 0.5) is 0 Å². The third-order valence-corrected chi connectivity index (χ3v) is 8.22. The van der Waals surface area contributed by atoms with E-state index in [1.54, 1.807) is 36.3 Å². The number of H-pyrrole nitrogens is 1. The van der Waals surface area contributed by atoms with Gasteiger partial charge in [0.05, 0.1) is 24.4 Å². The molecular formula is C33H31N5O4S. The van der Waals surface area contributed by atoms with Gasteiger partial charge in [-0.15, -0.1) is 0 Å². The number of ether oxygens (including phenoxy) is 2. The number of rotatable bonds is 10. The minimum Gasteiger partial charge on any atom is -0.392 e. The maximum Gasteiger partial charge on any atom is 0.253 e. The molecule has 2 aromatic heterocycles. The maximum absolute atomic E-state index is 12.5. The number of hydrogen-bond acceptors (Lipinski definition) is 8. The number of nitrogens with one attached hydrogen (secondary N) is 2. The Labute approximate surface area is 253 Å². The average Bonchev–Trinajstić information content (AvgIpc) is 3.61. The van der Waals surface area contributed by atoms with Gasteiger partial charge in [0, 0.05) is 36.7 Å². The van der Waals surface area contributed by atoms with Crippen LogP contribution in [0.2, 0.25) is 0 Å². The predicted molar refractivity (Wildman–Crippen MR) is 163 cm³/mol. The molecule has 3 aromatic carbocycles. The summed E-state index contributed by atoms with van der Waals surface area (Å²) in [4.78, 5) is 20.7. The van der Waals surface area contributed by atoms with Crippen LogP contribution in [-0.4, -0.2) is 43.0 Å². The van der Waals surface area contributed by atoms with E-state index in [-0.39, 0.29) is 24.7 Å². The van der Waals surface area contributed by atoms with Crippen molar-refractivity contribution in [2.75, 3.05) is 5.75 Å². The number of hydrogen-bond donors (Lipinski definition) is 3. The summed E-state index contributed by atoms with van der Waals surface area (Å²) in [6, 6.07) is 27.6. The van der Waals surface area contributed by atoms with Crippen LogP contribution in [-0.2, 0) is 22.6 Å². The van der Waals surface area contributed by atoms with Gasteiger partial charge in [0.15, 0.2) is 11.4 Å². The van der Waals surface area contributed by atoms with Gasteiger partial charge in [-0.2, -0.15) is 5.10 Å². The van der Waals surface area contributed by atoms with Crippen molar-refractivity contribution < 1.29 is 19.4 Å². The van der Waals surface area contributed by atoms with Gasteiger partial charge in [-0.3, -0.25) is 14.9 Å². The Morgan fingerprint density at radius 2 is 1.79 bits per heavy atom. The van der Waals surface area contributed by atoms with Crippen LogP contribution in [0.5, 0.6) is 0 Å². The van der Waals surface area contributed by atoms with E-state index in [9.17, 15) is 9.90 Å². The molecule has 3 heterocycles. The minimum atomic E-state index is -0.571. The summed E-state index contributed by atoms with van der Waals surface area (Å²) in [5.74, 6) is 0.524. The number of nitrogens with zero attached hydrogens (tertiary/aromatic N) is 3. The Bertz CT molecular complexity index is 1630. The van der Waals surface area contributed by atoms with Gasteiger partial charge in [0.1, 0.15) is 6.33 Å². The number of aromatic amines is 1. The highest BCUT2D eigenvalue weighted by Gasteiger charge is 2.32. The molecule has 1 aliphatic heterocycles. The molecule has 0 unspecified atom stereocenters. The molecule has 9 nitrogen and oxygen atoms in total. The molecule has 3 N–H and O–H groups in total. The Morgan fingerprint density at radius 3 is 2.56 bits per heavy atom. The van der Waals surface area contributed by atoms with Crippen molar-refractivity contribution in [3.05, 3.63) is 131 Å². The fourth-order valence-corrected chi connectivity index (χ4v) is 5.76. The second kappa shape index (κ2) is 13.7. The van der Waals surface area contributed by atoms with Crippen LogP contribution in [0.15, 0.2) is 109 Å². The standard InChI is InChI=1S/C33H31N5O4S/c39-19-22-9-11-24(12-10-22)30-16-29(20-43-33-36-21-37-38-33)41-32(42-30)27-7-2-6-26(15-27)25-5-1-4-23(14-25)17-35-31(40)28-8-3-13-34-18-28/h1-15,18,21,29-30,32,39H,16-17,19-20H2,(H,35,40)(H,36,37,38)/t29-,30+,32+/m1/s1. The molecule has 1 aliphatic rings. The van der Waals surface area contributed by atoms with Crippen molar-refractivity contribution in [1.82, 2.24) is 25.5 Å².